The number of aliphatic imine (C=N–C) groups is 1. The number of carboxylic acid groups (broad SMARTS) is 1. The first-order valence-electron chi connectivity index (χ1n) is 9.35. The molecule has 0 aromatic heterocycles. The van der Waals surface area contributed by atoms with Crippen molar-refractivity contribution in [3.05, 3.63) is 0 Å². The van der Waals surface area contributed by atoms with Crippen LogP contribution in [-0.4, -0.2) is 48.0 Å². The van der Waals surface area contributed by atoms with Gasteiger partial charge in [0.15, 0.2) is 0 Å². The van der Waals surface area contributed by atoms with E-state index < -0.39 is 5.97 Å². The summed E-state index contributed by atoms with van der Waals surface area (Å²) in [7, 11) is 0. The summed E-state index contributed by atoms with van der Waals surface area (Å²) in [6.45, 7) is 7.66. The largest absolute Gasteiger partial charge is 0.480 e. The quantitative estimate of drug-likeness (QED) is 0.536. The van der Waals surface area contributed by atoms with Crippen LogP contribution in [0.1, 0.15) is 78.1 Å². The summed E-state index contributed by atoms with van der Waals surface area (Å²) in [6.07, 6.45) is 13.9. The van der Waals surface area contributed by atoms with Crippen LogP contribution in [0, 0.1) is 0 Å². The zero-order chi connectivity index (χ0) is 17.3. The third-order valence-corrected chi connectivity index (χ3v) is 4.05. The Morgan fingerprint density at radius 1 is 1.09 bits per heavy atom. The number of amidine groups is 1. The number of hydrogen-bond donors (Lipinski definition) is 2. The van der Waals surface area contributed by atoms with Crippen LogP contribution in [0.2, 0.25) is 0 Å². The first-order valence-corrected chi connectivity index (χ1v) is 9.35. The Bertz CT molecular complexity index is 319. The van der Waals surface area contributed by atoms with Gasteiger partial charge in [0.2, 0.25) is 0 Å². The number of hydrogen-bond acceptors (Lipinski definition) is 4. The van der Waals surface area contributed by atoms with Crippen LogP contribution in [0.15, 0.2) is 4.99 Å². The molecule has 0 aromatic rings. The lowest BCUT2D eigenvalue weighted by atomic mass is 10.1. The lowest BCUT2D eigenvalue weighted by Crippen LogP contribution is -2.28. The summed E-state index contributed by atoms with van der Waals surface area (Å²) in [5.41, 5.74) is 4.57. The molecule has 5 heteroatoms. The number of carboxylic acids is 1. The normalized spacial score (nSPS) is 13.5. The highest BCUT2D eigenvalue weighted by Gasteiger charge is 2.13. The Morgan fingerprint density at radius 3 is 2.09 bits per heavy atom. The molecule has 0 spiro atoms. The number of rotatable bonds is 12. The van der Waals surface area contributed by atoms with Crippen molar-refractivity contribution in [3.8, 4) is 0 Å². The SMILES string of the molecule is CCCCCCCCCCCN1CCN=C1CC.NCC(=O)O. The highest BCUT2D eigenvalue weighted by atomic mass is 16.4. The summed E-state index contributed by atoms with van der Waals surface area (Å²) >= 11 is 0. The highest BCUT2D eigenvalue weighted by molar-refractivity contribution is 5.83. The van der Waals surface area contributed by atoms with Crippen LogP contribution < -0.4 is 5.73 Å². The molecular formula is C18H37N3O2. The average molecular weight is 328 g/mol. The monoisotopic (exact) mass is 327 g/mol. The van der Waals surface area contributed by atoms with Gasteiger partial charge in [-0.2, -0.15) is 0 Å². The van der Waals surface area contributed by atoms with E-state index in [1.165, 1.54) is 76.7 Å². The minimum Gasteiger partial charge on any atom is -0.480 e. The molecule has 5 nitrogen and oxygen atoms in total. The van der Waals surface area contributed by atoms with Gasteiger partial charge in [-0.3, -0.25) is 9.79 Å². The standard InChI is InChI=1S/C16H32N2.C2H5NO2/c1-3-5-6-7-8-9-10-11-12-14-18-15-13-17-16(18)4-2;3-1-2(4)5/h3-15H2,1-2H3;1,3H2,(H,4,5). The topological polar surface area (TPSA) is 78.9 Å². The second-order valence-corrected chi connectivity index (χ2v) is 6.06. The van der Waals surface area contributed by atoms with Crippen molar-refractivity contribution in [1.82, 2.24) is 4.90 Å². The van der Waals surface area contributed by atoms with E-state index >= 15 is 0 Å². The zero-order valence-electron chi connectivity index (χ0n) is 15.2. The molecular weight excluding hydrogens is 290 g/mol. The summed E-state index contributed by atoms with van der Waals surface area (Å²) in [6, 6.07) is 0. The first kappa shape index (κ1) is 21.9. The van der Waals surface area contributed by atoms with E-state index in [0.29, 0.717) is 0 Å². The van der Waals surface area contributed by atoms with Gasteiger partial charge in [0.25, 0.3) is 0 Å². The van der Waals surface area contributed by atoms with Gasteiger partial charge in [0.1, 0.15) is 0 Å². The van der Waals surface area contributed by atoms with Gasteiger partial charge in [-0.1, -0.05) is 65.2 Å². The van der Waals surface area contributed by atoms with Gasteiger partial charge in [-0.15, -0.1) is 0 Å². The predicted octanol–water partition coefficient (Wildman–Crippen LogP) is 3.67. The van der Waals surface area contributed by atoms with Gasteiger partial charge < -0.3 is 15.7 Å². The third kappa shape index (κ3) is 13.1. The first-order chi connectivity index (χ1) is 11.2. The third-order valence-electron chi connectivity index (χ3n) is 4.05. The number of aliphatic carboxylic acids is 1. The molecule has 1 aliphatic rings. The van der Waals surface area contributed by atoms with Crippen molar-refractivity contribution in [2.24, 2.45) is 10.7 Å². The van der Waals surface area contributed by atoms with E-state index in [-0.39, 0.29) is 6.54 Å². The fourth-order valence-electron chi connectivity index (χ4n) is 2.72. The maximum absolute atomic E-state index is 9.24. The van der Waals surface area contributed by atoms with Crippen LogP contribution in [0.3, 0.4) is 0 Å². The fraction of sp³-hybridized carbons (Fsp3) is 0.889. The van der Waals surface area contributed by atoms with Crippen molar-refractivity contribution >= 4 is 11.8 Å². The minimum atomic E-state index is -0.968. The molecule has 0 bridgehead atoms. The molecule has 3 N–H and O–H groups in total. The van der Waals surface area contributed by atoms with Gasteiger partial charge in [0.05, 0.1) is 18.9 Å². The van der Waals surface area contributed by atoms with Crippen LogP contribution >= 0.6 is 0 Å². The summed E-state index contributed by atoms with van der Waals surface area (Å²) < 4.78 is 0. The minimum absolute atomic E-state index is 0.278. The molecule has 0 atom stereocenters. The molecule has 136 valence electrons. The summed E-state index contributed by atoms with van der Waals surface area (Å²) in [5.74, 6) is 0.375. The lowest BCUT2D eigenvalue weighted by molar-refractivity contribution is -0.135. The van der Waals surface area contributed by atoms with Crippen LogP contribution in [0.4, 0.5) is 0 Å². The van der Waals surface area contributed by atoms with Gasteiger partial charge in [-0.25, -0.2) is 0 Å². The Labute approximate surface area is 142 Å². The molecule has 0 unspecified atom stereocenters. The molecule has 23 heavy (non-hydrogen) atoms. The van der Waals surface area contributed by atoms with E-state index in [2.05, 4.69) is 29.5 Å². The van der Waals surface area contributed by atoms with Crippen LogP contribution in [-0.2, 0) is 4.79 Å². The molecule has 1 rings (SSSR count). The second-order valence-electron chi connectivity index (χ2n) is 6.06. The van der Waals surface area contributed by atoms with E-state index in [1.54, 1.807) is 0 Å². The molecule has 0 aliphatic carbocycles. The van der Waals surface area contributed by atoms with E-state index in [1.807, 2.05) is 0 Å². The van der Waals surface area contributed by atoms with Crippen molar-refractivity contribution < 1.29 is 9.90 Å². The smallest absolute Gasteiger partial charge is 0.317 e. The molecule has 0 saturated heterocycles. The molecule has 0 saturated carbocycles. The van der Waals surface area contributed by atoms with Crippen LogP contribution in [0.25, 0.3) is 0 Å². The van der Waals surface area contributed by atoms with E-state index in [9.17, 15) is 4.79 Å². The van der Waals surface area contributed by atoms with Gasteiger partial charge >= 0.3 is 5.97 Å². The van der Waals surface area contributed by atoms with Crippen LogP contribution in [0.5, 0.6) is 0 Å². The number of carbonyl (C=O) groups is 1. The second kappa shape index (κ2) is 15.8. The van der Waals surface area contributed by atoms with E-state index in [4.69, 9.17) is 5.11 Å². The van der Waals surface area contributed by atoms with Gasteiger partial charge in [-0.05, 0) is 6.42 Å². The Morgan fingerprint density at radius 2 is 1.61 bits per heavy atom. The molecule has 0 fully saturated rings. The molecule has 0 radical (unpaired) electrons. The maximum Gasteiger partial charge on any atom is 0.317 e. The lowest BCUT2D eigenvalue weighted by Gasteiger charge is -2.19. The average Bonchev–Trinajstić information content (AvgIpc) is 3.01. The zero-order valence-corrected chi connectivity index (χ0v) is 15.2. The highest BCUT2D eigenvalue weighted by Crippen LogP contribution is 2.11. The number of nitrogens with two attached hydrogens (primary N) is 1. The Kier molecular flexibility index (Phi) is 15.0. The molecule has 0 amide bonds. The van der Waals surface area contributed by atoms with Crippen molar-refractivity contribution in [2.75, 3.05) is 26.2 Å². The summed E-state index contributed by atoms with van der Waals surface area (Å²) in [5, 5.41) is 7.60. The molecule has 1 heterocycles. The number of nitrogens with zero attached hydrogens (tertiary/aromatic N) is 2. The predicted molar refractivity (Wildman–Crippen MR) is 98.1 cm³/mol. The van der Waals surface area contributed by atoms with Crippen molar-refractivity contribution in [1.29, 1.82) is 0 Å². The van der Waals surface area contributed by atoms with Crippen molar-refractivity contribution in [2.45, 2.75) is 78.1 Å². The molecule has 0 aromatic carbocycles. The summed E-state index contributed by atoms with van der Waals surface area (Å²) in [4.78, 5) is 16.3. The van der Waals surface area contributed by atoms with Crippen molar-refractivity contribution in [3.63, 3.8) is 0 Å². The Balaban J connectivity index is 0.000000841. The van der Waals surface area contributed by atoms with E-state index in [0.717, 1.165) is 13.0 Å². The Hall–Kier alpha value is -1.10. The fourth-order valence-corrected chi connectivity index (χ4v) is 2.72. The number of unbranched alkanes of at least 4 members (excludes halogenated alkanes) is 8. The maximum atomic E-state index is 9.24. The van der Waals surface area contributed by atoms with Gasteiger partial charge in [0, 0.05) is 19.5 Å². The molecule has 1 aliphatic heterocycles.